The Bertz CT molecular complexity index is 1180. The van der Waals surface area contributed by atoms with E-state index in [2.05, 4.69) is 5.32 Å². The molecule has 2 aromatic carbocycles. The van der Waals surface area contributed by atoms with Gasteiger partial charge in [0.15, 0.2) is 16.9 Å². The van der Waals surface area contributed by atoms with Crippen LogP contribution < -0.4 is 20.2 Å². The van der Waals surface area contributed by atoms with Gasteiger partial charge in [-0.1, -0.05) is 17.7 Å². The maximum Gasteiger partial charge on any atom is 0.288 e. The zero-order valence-corrected chi connectivity index (χ0v) is 17.1. The maximum atomic E-state index is 13.2. The molecule has 0 bridgehead atoms. The van der Waals surface area contributed by atoms with Crippen molar-refractivity contribution in [1.82, 2.24) is 5.32 Å². The van der Waals surface area contributed by atoms with E-state index in [9.17, 15) is 9.59 Å². The summed E-state index contributed by atoms with van der Waals surface area (Å²) in [5, 5.41) is 3.65. The summed E-state index contributed by atoms with van der Waals surface area (Å²) in [6, 6.07) is 7.97. The predicted octanol–water partition coefficient (Wildman–Crippen LogP) is 4.39. The Balaban J connectivity index is 1.88. The van der Waals surface area contributed by atoms with Gasteiger partial charge in [-0.3, -0.25) is 9.59 Å². The Morgan fingerprint density at radius 3 is 2.52 bits per heavy atom. The lowest BCUT2D eigenvalue weighted by Crippen LogP contribution is -2.22. The highest BCUT2D eigenvalue weighted by atomic mass is 35.5. The van der Waals surface area contributed by atoms with Crippen molar-refractivity contribution in [3.8, 4) is 11.5 Å². The molecule has 3 aromatic rings. The van der Waals surface area contributed by atoms with Gasteiger partial charge in [-0.05, 0) is 56.2 Å². The zero-order valence-electron chi connectivity index (χ0n) is 16.3. The number of benzene rings is 2. The second-order valence-electron chi connectivity index (χ2n) is 6.75. The Morgan fingerprint density at radius 2 is 1.79 bits per heavy atom. The molecule has 1 aromatic heterocycles. The number of amides is 1. The molecular weight excluding hydrogens is 394 g/mol. The summed E-state index contributed by atoms with van der Waals surface area (Å²) >= 11 is 6.20. The Kier molecular flexibility index (Phi) is 4.96. The van der Waals surface area contributed by atoms with Gasteiger partial charge in [-0.15, -0.1) is 0 Å². The molecule has 29 heavy (non-hydrogen) atoms. The molecule has 1 aliphatic heterocycles. The van der Waals surface area contributed by atoms with E-state index in [-0.39, 0.29) is 16.8 Å². The van der Waals surface area contributed by atoms with Gasteiger partial charge in [0, 0.05) is 5.02 Å². The molecule has 0 aliphatic carbocycles. The summed E-state index contributed by atoms with van der Waals surface area (Å²) in [7, 11) is 0. The molecule has 6 nitrogen and oxygen atoms in total. The van der Waals surface area contributed by atoms with E-state index in [1.807, 2.05) is 20.8 Å². The smallest absolute Gasteiger partial charge is 0.288 e. The second-order valence-corrected chi connectivity index (χ2v) is 7.16. The van der Waals surface area contributed by atoms with Crippen molar-refractivity contribution in [3.05, 3.63) is 68.0 Å². The van der Waals surface area contributed by atoms with Gasteiger partial charge in [-0.25, -0.2) is 0 Å². The maximum absolute atomic E-state index is 13.2. The number of carbonyl (C=O) groups excluding carboxylic acids is 1. The first-order valence-electron chi connectivity index (χ1n) is 9.41. The van der Waals surface area contributed by atoms with E-state index in [4.69, 9.17) is 25.5 Å². The van der Waals surface area contributed by atoms with Gasteiger partial charge >= 0.3 is 0 Å². The molecular formula is C22H20ClNO5. The molecule has 0 fully saturated rings. The first-order valence-corrected chi connectivity index (χ1v) is 9.79. The summed E-state index contributed by atoms with van der Waals surface area (Å²) in [6.07, 6.45) is 0. The molecule has 1 unspecified atom stereocenters. The number of rotatable bonds is 5. The normalized spacial score (nSPS) is 15.3. The number of carbonyl (C=O) groups is 1. The molecule has 4 rings (SSSR count). The van der Waals surface area contributed by atoms with Gasteiger partial charge in [0.1, 0.15) is 5.58 Å². The van der Waals surface area contributed by atoms with Crippen LogP contribution in [0.3, 0.4) is 0 Å². The summed E-state index contributed by atoms with van der Waals surface area (Å²) in [5.74, 6) is 0.762. The Morgan fingerprint density at radius 1 is 1.07 bits per heavy atom. The van der Waals surface area contributed by atoms with Crippen LogP contribution in [0.15, 0.2) is 39.5 Å². The molecule has 150 valence electrons. The van der Waals surface area contributed by atoms with Crippen LogP contribution in [0.25, 0.3) is 11.0 Å². The summed E-state index contributed by atoms with van der Waals surface area (Å²) in [6.45, 7) is 6.54. The van der Waals surface area contributed by atoms with Crippen LogP contribution in [0.1, 0.15) is 47.1 Å². The molecule has 1 N–H and O–H groups in total. The molecule has 1 atom stereocenters. The third-order valence-corrected chi connectivity index (χ3v) is 5.29. The predicted molar refractivity (Wildman–Crippen MR) is 110 cm³/mol. The Labute approximate surface area is 172 Å². The van der Waals surface area contributed by atoms with Crippen LogP contribution in [-0.2, 0) is 0 Å². The highest BCUT2D eigenvalue weighted by molar-refractivity contribution is 6.32. The Hall–Kier alpha value is -2.99. The zero-order chi connectivity index (χ0) is 20.7. The lowest BCUT2D eigenvalue weighted by molar-refractivity contribution is 0.0938. The molecule has 1 amide bonds. The molecule has 0 saturated heterocycles. The standard InChI is InChI=1S/C22H20ClNO5/c1-4-27-15-7-6-12(9-17(15)28-5-2)19-18-20(25)13-10-14(23)11(3)8-16(13)29-21(18)22(26)24-19/h6-10,19H,4-5H2,1-3H3,(H,24,26). The fraction of sp³-hybridized carbons (Fsp3) is 0.273. The lowest BCUT2D eigenvalue weighted by atomic mass is 9.98. The van der Waals surface area contributed by atoms with E-state index in [0.717, 1.165) is 5.56 Å². The SMILES string of the molecule is CCOc1ccc(C2NC(=O)c3oc4cc(C)c(Cl)cc4c(=O)c32)cc1OCC. The monoisotopic (exact) mass is 413 g/mol. The van der Waals surface area contributed by atoms with Crippen LogP contribution in [0, 0.1) is 6.92 Å². The van der Waals surface area contributed by atoms with Gasteiger partial charge in [-0.2, -0.15) is 0 Å². The summed E-state index contributed by atoms with van der Waals surface area (Å²) in [5.41, 5.74) is 1.81. The van der Waals surface area contributed by atoms with Gasteiger partial charge < -0.3 is 19.2 Å². The quantitative estimate of drug-likeness (QED) is 0.671. The molecule has 0 saturated carbocycles. The molecule has 1 aliphatic rings. The number of nitrogens with one attached hydrogen (secondary N) is 1. The van der Waals surface area contributed by atoms with E-state index in [1.54, 1.807) is 30.3 Å². The third kappa shape index (κ3) is 3.23. The van der Waals surface area contributed by atoms with Crippen LogP contribution >= 0.6 is 11.6 Å². The lowest BCUT2D eigenvalue weighted by Gasteiger charge is -2.16. The highest BCUT2D eigenvalue weighted by Crippen LogP contribution is 2.36. The summed E-state index contributed by atoms with van der Waals surface area (Å²) < 4.78 is 17.1. The first-order chi connectivity index (χ1) is 13.9. The molecule has 7 heteroatoms. The number of fused-ring (bicyclic) bond motifs is 2. The van der Waals surface area contributed by atoms with Gasteiger partial charge in [0.25, 0.3) is 5.91 Å². The van der Waals surface area contributed by atoms with Crippen molar-refractivity contribution in [2.45, 2.75) is 26.8 Å². The number of halogens is 1. The summed E-state index contributed by atoms with van der Waals surface area (Å²) in [4.78, 5) is 25.8. The van der Waals surface area contributed by atoms with Crippen LogP contribution in [0.5, 0.6) is 11.5 Å². The number of ether oxygens (including phenoxy) is 2. The van der Waals surface area contributed by atoms with Gasteiger partial charge in [0.05, 0.1) is 30.2 Å². The highest BCUT2D eigenvalue weighted by Gasteiger charge is 2.36. The van der Waals surface area contributed by atoms with E-state index in [1.165, 1.54) is 0 Å². The molecule has 0 spiro atoms. The third-order valence-electron chi connectivity index (χ3n) is 4.88. The number of hydrogen-bond donors (Lipinski definition) is 1. The minimum Gasteiger partial charge on any atom is -0.490 e. The topological polar surface area (TPSA) is 77.8 Å². The van der Waals surface area contributed by atoms with E-state index in [0.29, 0.717) is 46.3 Å². The first kappa shape index (κ1) is 19.3. The average Bonchev–Trinajstić information content (AvgIpc) is 3.02. The van der Waals surface area contributed by atoms with Crippen LogP contribution in [0.2, 0.25) is 5.02 Å². The number of aryl methyl sites for hydroxylation is 1. The van der Waals surface area contributed by atoms with E-state index >= 15 is 0 Å². The largest absolute Gasteiger partial charge is 0.490 e. The molecule has 2 heterocycles. The van der Waals surface area contributed by atoms with Crippen molar-refractivity contribution in [1.29, 1.82) is 0 Å². The van der Waals surface area contributed by atoms with Crippen molar-refractivity contribution >= 4 is 28.5 Å². The molecule has 0 radical (unpaired) electrons. The van der Waals surface area contributed by atoms with Crippen molar-refractivity contribution < 1.29 is 18.7 Å². The van der Waals surface area contributed by atoms with Crippen LogP contribution in [0.4, 0.5) is 0 Å². The average molecular weight is 414 g/mol. The van der Waals surface area contributed by atoms with Gasteiger partial charge in [0.2, 0.25) is 5.76 Å². The van der Waals surface area contributed by atoms with E-state index < -0.39 is 11.9 Å². The van der Waals surface area contributed by atoms with Crippen LogP contribution in [-0.4, -0.2) is 19.1 Å². The van der Waals surface area contributed by atoms with Crippen molar-refractivity contribution in [3.63, 3.8) is 0 Å². The van der Waals surface area contributed by atoms with Crippen molar-refractivity contribution in [2.75, 3.05) is 13.2 Å². The second kappa shape index (κ2) is 7.44. The number of hydrogen-bond acceptors (Lipinski definition) is 5. The minimum atomic E-state index is -0.645. The van der Waals surface area contributed by atoms with Crippen molar-refractivity contribution in [2.24, 2.45) is 0 Å². The fourth-order valence-electron chi connectivity index (χ4n) is 3.53. The fourth-order valence-corrected chi connectivity index (χ4v) is 3.69. The minimum absolute atomic E-state index is 0.0288.